The van der Waals surface area contributed by atoms with Crippen molar-refractivity contribution in [2.75, 3.05) is 13.2 Å². The topological polar surface area (TPSA) is 56.0 Å². The van der Waals surface area contributed by atoms with Crippen molar-refractivity contribution in [3.63, 3.8) is 0 Å². The fraction of sp³-hybridized carbons (Fsp3) is 0.188. The molecule has 1 aliphatic heterocycles. The van der Waals surface area contributed by atoms with Gasteiger partial charge in [-0.15, -0.1) is 0 Å². The number of pyridine rings is 1. The minimum absolute atomic E-state index is 0.0744. The summed E-state index contributed by atoms with van der Waals surface area (Å²) in [5.74, 6) is 1.47. The van der Waals surface area contributed by atoms with E-state index >= 15 is 0 Å². The zero-order chi connectivity index (χ0) is 14.2. The van der Waals surface area contributed by atoms with Gasteiger partial charge in [-0.3, -0.25) is 0 Å². The number of aliphatic hydroxyl groups is 1. The maximum absolute atomic E-state index is 9.69. The van der Waals surface area contributed by atoms with Gasteiger partial charge in [0.25, 0.3) is 0 Å². The maximum Gasteiger partial charge on any atom is 0.162 e. The number of rotatable bonds is 2. The molecule has 0 aliphatic carbocycles. The van der Waals surface area contributed by atoms with Gasteiger partial charge in [-0.1, -0.05) is 6.07 Å². The summed E-state index contributed by atoms with van der Waals surface area (Å²) in [4.78, 5) is 4.61. The first kappa shape index (κ1) is 12.2. The van der Waals surface area contributed by atoms with E-state index in [9.17, 15) is 5.11 Å². The largest absolute Gasteiger partial charge is 0.486 e. The summed E-state index contributed by atoms with van der Waals surface area (Å²) in [5, 5.41) is 9.69. The van der Waals surface area contributed by atoms with E-state index in [1.165, 1.54) is 0 Å². The first-order valence-corrected chi connectivity index (χ1v) is 6.83. The van der Waals surface area contributed by atoms with Crippen LogP contribution in [0.25, 0.3) is 16.9 Å². The average Bonchev–Trinajstić information content (AvgIpc) is 2.93. The molecule has 0 amide bonds. The van der Waals surface area contributed by atoms with E-state index in [0.717, 1.165) is 34.1 Å². The van der Waals surface area contributed by atoms with Crippen LogP contribution in [-0.2, 0) is 6.61 Å². The van der Waals surface area contributed by atoms with Gasteiger partial charge in [-0.25, -0.2) is 4.98 Å². The van der Waals surface area contributed by atoms with Crippen LogP contribution < -0.4 is 9.47 Å². The van der Waals surface area contributed by atoms with E-state index < -0.39 is 0 Å². The fourth-order valence-corrected chi connectivity index (χ4v) is 2.62. The Morgan fingerprint density at radius 3 is 2.81 bits per heavy atom. The lowest BCUT2D eigenvalue weighted by Crippen LogP contribution is -2.15. The summed E-state index contributed by atoms with van der Waals surface area (Å²) in [6, 6.07) is 11.5. The van der Waals surface area contributed by atoms with Crippen LogP contribution in [0.15, 0.2) is 42.6 Å². The molecule has 1 N–H and O–H groups in total. The van der Waals surface area contributed by atoms with Crippen LogP contribution >= 0.6 is 0 Å². The van der Waals surface area contributed by atoms with Crippen LogP contribution in [0.3, 0.4) is 0 Å². The molecule has 0 bridgehead atoms. The fourth-order valence-electron chi connectivity index (χ4n) is 2.62. The summed E-state index contributed by atoms with van der Waals surface area (Å²) in [6.45, 7) is 1.05. The van der Waals surface area contributed by atoms with Crippen molar-refractivity contribution in [2.45, 2.75) is 6.61 Å². The Balaban J connectivity index is 1.89. The number of aromatic nitrogens is 2. The highest BCUT2D eigenvalue weighted by Gasteiger charge is 2.17. The quantitative estimate of drug-likeness (QED) is 0.783. The lowest BCUT2D eigenvalue weighted by atomic mass is 10.1. The molecule has 3 heterocycles. The second kappa shape index (κ2) is 4.79. The molecule has 1 aromatic carbocycles. The monoisotopic (exact) mass is 282 g/mol. The van der Waals surface area contributed by atoms with Crippen molar-refractivity contribution in [2.24, 2.45) is 0 Å². The van der Waals surface area contributed by atoms with Gasteiger partial charge in [0, 0.05) is 11.8 Å². The third-order valence-corrected chi connectivity index (χ3v) is 3.59. The van der Waals surface area contributed by atoms with Gasteiger partial charge in [-0.2, -0.15) is 0 Å². The molecule has 5 heteroatoms. The number of hydrogen-bond donors (Lipinski definition) is 1. The zero-order valence-corrected chi connectivity index (χ0v) is 11.3. The third kappa shape index (κ3) is 1.94. The predicted octanol–water partition coefficient (Wildman–Crippen LogP) is 2.26. The molecule has 0 atom stereocenters. The lowest BCUT2D eigenvalue weighted by molar-refractivity contribution is 0.171. The summed E-state index contributed by atoms with van der Waals surface area (Å²) >= 11 is 0. The maximum atomic E-state index is 9.69. The molecule has 3 aromatic rings. The van der Waals surface area contributed by atoms with Gasteiger partial charge in [0.05, 0.1) is 18.0 Å². The normalized spacial score (nSPS) is 13.6. The molecule has 106 valence electrons. The van der Waals surface area contributed by atoms with Gasteiger partial charge in [0.15, 0.2) is 11.5 Å². The Hall–Kier alpha value is -2.53. The molecular weight excluding hydrogens is 268 g/mol. The molecule has 0 saturated carbocycles. The molecule has 1 aliphatic rings. The summed E-state index contributed by atoms with van der Waals surface area (Å²) in [6.07, 6.45) is 1.90. The predicted molar refractivity (Wildman–Crippen MR) is 77.5 cm³/mol. The highest BCUT2D eigenvalue weighted by Crippen LogP contribution is 2.35. The zero-order valence-electron chi connectivity index (χ0n) is 11.3. The van der Waals surface area contributed by atoms with E-state index in [1.807, 2.05) is 47.0 Å². The molecule has 21 heavy (non-hydrogen) atoms. The summed E-state index contributed by atoms with van der Waals surface area (Å²) in [5.41, 5.74) is 3.25. The lowest BCUT2D eigenvalue weighted by Gasteiger charge is -2.18. The van der Waals surface area contributed by atoms with Crippen LogP contribution in [0, 0.1) is 0 Å². The molecule has 0 saturated heterocycles. The van der Waals surface area contributed by atoms with E-state index in [-0.39, 0.29) is 6.61 Å². The number of aliphatic hydroxyl groups excluding tert-OH is 1. The highest BCUT2D eigenvalue weighted by molar-refractivity contribution is 5.69. The van der Waals surface area contributed by atoms with Crippen molar-refractivity contribution in [3.8, 4) is 22.8 Å². The molecule has 0 spiro atoms. The Bertz CT molecular complexity index is 810. The highest BCUT2D eigenvalue weighted by atomic mass is 16.6. The van der Waals surface area contributed by atoms with Crippen LogP contribution in [0.5, 0.6) is 11.5 Å². The number of ether oxygens (including phenoxy) is 2. The van der Waals surface area contributed by atoms with E-state index in [0.29, 0.717) is 13.2 Å². The molecule has 0 radical (unpaired) electrons. The number of fused-ring (bicyclic) bond motifs is 2. The Morgan fingerprint density at radius 1 is 1.10 bits per heavy atom. The van der Waals surface area contributed by atoms with E-state index in [1.54, 1.807) is 0 Å². The Morgan fingerprint density at radius 2 is 1.95 bits per heavy atom. The smallest absolute Gasteiger partial charge is 0.162 e. The van der Waals surface area contributed by atoms with Crippen molar-refractivity contribution < 1.29 is 14.6 Å². The first-order valence-electron chi connectivity index (χ1n) is 6.83. The number of imidazole rings is 1. The van der Waals surface area contributed by atoms with Gasteiger partial charge >= 0.3 is 0 Å². The van der Waals surface area contributed by atoms with Crippen LogP contribution in [0.4, 0.5) is 0 Å². The second-order valence-corrected chi connectivity index (χ2v) is 4.85. The first-order chi connectivity index (χ1) is 10.4. The molecular formula is C16H14N2O3. The Kier molecular flexibility index (Phi) is 2.79. The van der Waals surface area contributed by atoms with E-state index in [4.69, 9.17) is 9.47 Å². The summed E-state index contributed by atoms with van der Waals surface area (Å²) in [7, 11) is 0. The van der Waals surface area contributed by atoms with Crippen LogP contribution in [0.2, 0.25) is 0 Å². The number of nitrogens with zero attached hydrogens (tertiary/aromatic N) is 2. The standard InChI is InChI=1S/C16H14N2O3/c19-10-12-16(17-15-3-1-2-6-18(12)15)11-4-5-13-14(9-11)21-8-7-20-13/h1-6,9,19H,7-8,10H2. The minimum atomic E-state index is -0.0744. The van der Waals surface area contributed by atoms with Crippen molar-refractivity contribution >= 4 is 5.65 Å². The van der Waals surface area contributed by atoms with Crippen molar-refractivity contribution in [3.05, 3.63) is 48.3 Å². The van der Waals surface area contributed by atoms with Crippen LogP contribution in [0.1, 0.15) is 5.69 Å². The molecule has 0 fully saturated rings. The SMILES string of the molecule is OCc1c(-c2ccc3c(c2)OCCO3)nc2ccccn12. The molecule has 2 aromatic heterocycles. The van der Waals surface area contributed by atoms with Gasteiger partial charge < -0.3 is 19.0 Å². The minimum Gasteiger partial charge on any atom is -0.486 e. The van der Waals surface area contributed by atoms with Crippen molar-refractivity contribution in [1.29, 1.82) is 0 Å². The second-order valence-electron chi connectivity index (χ2n) is 4.85. The van der Waals surface area contributed by atoms with Gasteiger partial charge in [-0.05, 0) is 30.3 Å². The number of hydrogen-bond acceptors (Lipinski definition) is 4. The van der Waals surface area contributed by atoms with Gasteiger partial charge in [0.2, 0.25) is 0 Å². The Labute approximate surface area is 121 Å². The molecule has 5 nitrogen and oxygen atoms in total. The third-order valence-electron chi connectivity index (χ3n) is 3.59. The average molecular weight is 282 g/mol. The van der Waals surface area contributed by atoms with Crippen molar-refractivity contribution in [1.82, 2.24) is 9.38 Å². The molecule has 4 rings (SSSR count). The van der Waals surface area contributed by atoms with Crippen LogP contribution in [-0.4, -0.2) is 27.7 Å². The van der Waals surface area contributed by atoms with E-state index in [2.05, 4.69) is 4.98 Å². The van der Waals surface area contributed by atoms with Gasteiger partial charge in [0.1, 0.15) is 18.9 Å². The number of benzene rings is 1. The molecule has 0 unspecified atom stereocenters. The summed E-state index contributed by atoms with van der Waals surface area (Å²) < 4.78 is 13.0.